The van der Waals surface area contributed by atoms with Gasteiger partial charge in [-0.05, 0) is 43.7 Å². The highest BCUT2D eigenvalue weighted by Crippen LogP contribution is 2.24. The van der Waals surface area contributed by atoms with Crippen molar-refractivity contribution in [2.45, 2.75) is 19.4 Å². The number of carbonyl (C=O) groups excluding carboxylic acids is 2. The summed E-state index contributed by atoms with van der Waals surface area (Å²) in [6.07, 6.45) is 1.59. The lowest BCUT2D eigenvalue weighted by molar-refractivity contribution is -0.123. The van der Waals surface area contributed by atoms with Crippen LogP contribution in [0, 0.1) is 6.92 Å². The Hall–Kier alpha value is -2.40. The van der Waals surface area contributed by atoms with Crippen molar-refractivity contribution in [1.29, 1.82) is 0 Å². The molecule has 0 saturated heterocycles. The fraction of sp³-hybridized carbons (Fsp3) is 0.188. The number of pyridine rings is 1. The number of aromatic nitrogens is 1. The molecule has 5 nitrogen and oxygen atoms in total. The molecular weight excluding hydrogens is 302 g/mol. The van der Waals surface area contributed by atoms with Crippen LogP contribution in [0.5, 0.6) is 0 Å². The molecule has 3 N–H and O–H groups in total. The summed E-state index contributed by atoms with van der Waals surface area (Å²) in [5.41, 5.74) is 5.60. The maximum atomic E-state index is 12.5. The summed E-state index contributed by atoms with van der Waals surface area (Å²) in [4.78, 5) is 28.4. The lowest BCUT2D eigenvalue weighted by Gasteiger charge is -2.28. The molecule has 1 aromatic carbocycles. The van der Waals surface area contributed by atoms with Gasteiger partial charge in [-0.25, -0.2) is 0 Å². The van der Waals surface area contributed by atoms with Gasteiger partial charge in [-0.1, -0.05) is 23.7 Å². The van der Waals surface area contributed by atoms with E-state index in [2.05, 4.69) is 10.3 Å². The van der Waals surface area contributed by atoms with E-state index in [0.717, 1.165) is 0 Å². The number of hydrogen-bond donors (Lipinski definition) is 2. The molecule has 22 heavy (non-hydrogen) atoms. The van der Waals surface area contributed by atoms with Crippen molar-refractivity contribution < 1.29 is 9.59 Å². The Kier molecular flexibility index (Phi) is 4.47. The molecule has 0 fully saturated rings. The quantitative estimate of drug-likeness (QED) is 0.906. The van der Waals surface area contributed by atoms with E-state index in [9.17, 15) is 9.59 Å². The minimum absolute atomic E-state index is 0.386. The first-order chi connectivity index (χ1) is 10.3. The first-order valence-corrected chi connectivity index (χ1v) is 7.02. The Morgan fingerprint density at radius 3 is 2.59 bits per heavy atom. The number of hydrogen-bond acceptors (Lipinski definition) is 3. The van der Waals surface area contributed by atoms with Crippen molar-refractivity contribution in [2.75, 3.05) is 0 Å². The van der Waals surface area contributed by atoms with E-state index in [0.29, 0.717) is 21.8 Å². The van der Waals surface area contributed by atoms with E-state index in [-0.39, 0.29) is 0 Å². The summed E-state index contributed by atoms with van der Waals surface area (Å²) < 4.78 is 0. The van der Waals surface area contributed by atoms with Crippen molar-refractivity contribution in [1.82, 2.24) is 10.3 Å². The molecule has 114 valence electrons. The van der Waals surface area contributed by atoms with Crippen LogP contribution >= 0.6 is 11.6 Å². The standard InChI is InChI=1S/C16H16ClN3O2/c1-10-13(7-4-8-19-10)14(21)20-16(2,15(18)22)11-5-3-6-12(17)9-11/h3-9H,1-2H3,(H2,18,22)(H,20,21). The van der Waals surface area contributed by atoms with Gasteiger partial charge >= 0.3 is 0 Å². The highest BCUT2D eigenvalue weighted by Gasteiger charge is 2.35. The fourth-order valence-corrected chi connectivity index (χ4v) is 2.28. The summed E-state index contributed by atoms with van der Waals surface area (Å²) in [5.74, 6) is -1.10. The molecule has 0 spiro atoms. The predicted molar refractivity (Wildman–Crippen MR) is 84.4 cm³/mol. The first kappa shape index (κ1) is 16.0. The van der Waals surface area contributed by atoms with Gasteiger partial charge in [0.25, 0.3) is 5.91 Å². The van der Waals surface area contributed by atoms with E-state index in [1.54, 1.807) is 56.4 Å². The monoisotopic (exact) mass is 317 g/mol. The number of nitrogens with one attached hydrogen (secondary N) is 1. The molecule has 1 aromatic heterocycles. The Bertz CT molecular complexity index is 733. The van der Waals surface area contributed by atoms with Crippen LogP contribution in [0.3, 0.4) is 0 Å². The smallest absolute Gasteiger partial charge is 0.254 e. The summed E-state index contributed by atoms with van der Waals surface area (Å²) in [5, 5.41) is 3.14. The molecule has 1 atom stereocenters. The average Bonchev–Trinajstić information content (AvgIpc) is 2.47. The minimum Gasteiger partial charge on any atom is -0.367 e. The van der Waals surface area contributed by atoms with Crippen molar-refractivity contribution in [3.8, 4) is 0 Å². The van der Waals surface area contributed by atoms with Gasteiger partial charge in [0.2, 0.25) is 5.91 Å². The zero-order valence-corrected chi connectivity index (χ0v) is 13.0. The second kappa shape index (κ2) is 6.15. The lowest BCUT2D eigenvalue weighted by Crippen LogP contribution is -2.52. The Balaban J connectivity index is 2.39. The van der Waals surface area contributed by atoms with Crippen molar-refractivity contribution in [3.63, 3.8) is 0 Å². The topological polar surface area (TPSA) is 85.1 Å². The summed E-state index contributed by atoms with van der Waals surface area (Å²) >= 11 is 5.96. The van der Waals surface area contributed by atoms with E-state index in [1.807, 2.05) is 0 Å². The Morgan fingerprint density at radius 1 is 1.27 bits per heavy atom. The molecule has 0 aliphatic heterocycles. The highest BCUT2D eigenvalue weighted by atomic mass is 35.5. The van der Waals surface area contributed by atoms with Crippen molar-refractivity contribution in [3.05, 3.63) is 64.4 Å². The van der Waals surface area contributed by atoms with Gasteiger partial charge in [0.1, 0.15) is 5.54 Å². The Labute approximate surface area is 133 Å². The number of nitrogens with two attached hydrogens (primary N) is 1. The van der Waals surface area contributed by atoms with Crippen molar-refractivity contribution >= 4 is 23.4 Å². The summed E-state index contributed by atoms with van der Waals surface area (Å²) in [6.45, 7) is 3.26. The van der Waals surface area contributed by atoms with E-state index in [1.165, 1.54) is 0 Å². The van der Waals surface area contributed by atoms with Crippen LogP contribution in [0.2, 0.25) is 5.02 Å². The molecule has 0 radical (unpaired) electrons. The third-order valence-electron chi connectivity index (χ3n) is 3.51. The fourth-order valence-electron chi connectivity index (χ4n) is 2.09. The van der Waals surface area contributed by atoms with E-state index >= 15 is 0 Å². The second-order valence-electron chi connectivity index (χ2n) is 5.09. The lowest BCUT2D eigenvalue weighted by atomic mass is 9.90. The van der Waals surface area contributed by atoms with Crippen LogP contribution in [0.25, 0.3) is 0 Å². The molecular formula is C16H16ClN3O2. The van der Waals surface area contributed by atoms with Crippen LogP contribution in [0.15, 0.2) is 42.6 Å². The number of benzene rings is 1. The number of rotatable bonds is 4. The zero-order chi connectivity index (χ0) is 16.3. The largest absolute Gasteiger partial charge is 0.367 e. The molecule has 6 heteroatoms. The third-order valence-corrected chi connectivity index (χ3v) is 3.74. The normalized spacial score (nSPS) is 13.2. The molecule has 2 aromatic rings. The van der Waals surface area contributed by atoms with Crippen molar-refractivity contribution in [2.24, 2.45) is 5.73 Å². The molecule has 0 aliphatic rings. The number of amides is 2. The molecule has 0 bridgehead atoms. The van der Waals surface area contributed by atoms with Gasteiger partial charge in [0.05, 0.1) is 5.56 Å². The van der Waals surface area contributed by atoms with Crippen LogP contribution < -0.4 is 11.1 Å². The molecule has 1 heterocycles. The van der Waals surface area contributed by atoms with Gasteiger partial charge < -0.3 is 11.1 Å². The van der Waals surface area contributed by atoms with Gasteiger partial charge in [0.15, 0.2) is 0 Å². The van der Waals surface area contributed by atoms with Crippen LogP contribution in [-0.4, -0.2) is 16.8 Å². The number of carbonyl (C=O) groups is 2. The maximum absolute atomic E-state index is 12.5. The molecule has 0 aliphatic carbocycles. The molecule has 0 saturated carbocycles. The van der Waals surface area contributed by atoms with E-state index in [4.69, 9.17) is 17.3 Å². The zero-order valence-electron chi connectivity index (χ0n) is 12.3. The van der Waals surface area contributed by atoms with Crippen LogP contribution in [-0.2, 0) is 10.3 Å². The van der Waals surface area contributed by atoms with Gasteiger partial charge in [-0.2, -0.15) is 0 Å². The van der Waals surface area contributed by atoms with Gasteiger partial charge in [0, 0.05) is 16.9 Å². The van der Waals surface area contributed by atoms with Crippen LogP contribution in [0.4, 0.5) is 0 Å². The molecule has 1 unspecified atom stereocenters. The number of halogens is 1. The number of primary amides is 1. The molecule has 2 rings (SSSR count). The second-order valence-corrected chi connectivity index (χ2v) is 5.53. The Morgan fingerprint density at radius 2 is 2.00 bits per heavy atom. The SMILES string of the molecule is Cc1ncccc1C(=O)NC(C)(C(N)=O)c1cccc(Cl)c1. The van der Waals surface area contributed by atoms with Gasteiger partial charge in [-0.15, -0.1) is 0 Å². The summed E-state index contributed by atoms with van der Waals surface area (Å²) in [6, 6.07) is 9.95. The highest BCUT2D eigenvalue weighted by molar-refractivity contribution is 6.30. The van der Waals surface area contributed by atoms with E-state index < -0.39 is 17.4 Å². The third kappa shape index (κ3) is 3.09. The van der Waals surface area contributed by atoms with Crippen LogP contribution in [0.1, 0.15) is 28.5 Å². The first-order valence-electron chi connectivity index (χ1n) is 6.64. The number of aryl methyl sites for hydroxylation is 1. The minimum atomic E-state index is -1.37. The van der Waals surface area contributed by atoms with Gasteiger partial charge in [-0.3, -0.25) is 14.6 Å². The summed E-state index contributed by atoms with van der Waals surface area (Å²) in [7, 11) is 0. The predicted octanol–water partition coefficient (Wildman–Crippen LogP) is 2.17. The average molecular weight is 318 g/mol. The molecule has 2 amide bonds. The maximum Gasteiger partial charge on any atom is 0.254 e. The number of nitrogens with zero attached hydrogens (tertiary/aromatic N) is 1.